The number of hydrogen-bond acceptors (Lipinski definition) is 4. The standard InChI is InChI=1S/C32H28N2O3S/c1-22(2)25-11-8-23(9-12-25)10-17-30(35)26-13-15-28(16-14-26)33-32(37)29(20-24-18-19-38-21-24)34-31(36)27-6-4-3-5-7-27/h3-22H,1-2H3,(H,33,37)(H,34,36)/b17-10+,29-20-. The molecule has 6 heteroatoms. The monoisotopic (exact) mass is 520 g/mol. The number of amides is 2. The van der Waals surface area contributed by atoms with E-state index in [0.29, 0.717) is 22.7 Å². The molecule has 0 fully saturated rings. The van der Waals surface area contributed by atoms with Gasteiger partial charge in [0.05, 0.1) is 0 Å². The summed E-state index contributed by atoms with van der Waals surface area (Å²) in [6.45, 7) is 4.28. The van der Waals surface area contributed by atoms with Crippen molar-refractivity contribution in [2.75, 3.05) is 5.32 Å². The number of carbonyl (C=O) groups excluding carboxylic acids is 3. The van der Waals surface area contributed by atoms with Crippen LogP contribution >= 0.6 is 11.3 Å². The Kier molecular flexibility index (Phi) is 8.80. The molecule has 1 heterocycles. The maximum Gasteiger partial charge on any atom is 0.272 e. The van der Waals surface area contributed by atoms with Crippen LogP contribution in [0, 0.1) is 0 Å². The summed E-state index contributed by atoms with van der Waals surface area (Å²) in [6, 6.07) is 25.3. The molecule has 0 bridgehead atoms. The molecule has 0 radical (unpaired) electrons. The number of anilines is 1. The largest absolute Gasteiger partial charge is 0.321 e. The summed E-state index contributed by atoms with van der Waals surface area (Å²) < 4.78 is 0. The SMILES string of the molecule is CC(C)c1ccc(/C=C/C(=O)c2ccc(NC(=O)/C(=C/c3ccsc3)NC(=O)c3ccccc3)cc2)cc1. The third kappa shape index (κ3) is 7.24. The van der Waals surface area contributed by atoms with Crippen LogP contribution in [0.3, 0.4) is 0 Å². The number of ketones is 1. The number of carbonyl (C=O) groups is 3. The molecule has 3 aromatic carbocycles. The quantitative estimate of drug-likeness (QED) is 0.181. The van der Waals surface area contributed by atoms with E-state index in [0.717, 1.165) is 11.1 Å². The van der Waals surface area contributed by atoms with Crippen LogP contribution in [0.15, 0.2) is 107 Å². The zero-order valence-electron chi connectivity index (χ0n) is 21.2. The van der Waals surface area contributed by atoms with Gasteiger partial charge >= 0.3 is 0 Å². The Morgan fingerprint density at radius 2 is 1.50 bits per heavy atom. The minimum atomic E-state index is -0.468. The smallest absolute Gasteiger partial charge is 0.272 e. The second-order valence-corrected chi connectivity index (χ2v) is 9.77. The maximum atomic E-state index is 13.1. The van der Waals surface area contributed by atoms with E-state index in [-0.39, 0.29) is 17.4 Å². The van der Waals surface area contributed by atoms with Gasteiger partial charge in [-0.15, -0.1) is 0 Å². The summed E-state index contributed by atoms with van der Waals surface area (Å²) in [4.78, 5) is 38.4. The van der Waals surface area contributed by atoms with Gasteiger partial charge in [-0.3, -0.25) is 14.4 Å². The van der Waals surface area contributed by atoms with E-state index >= 15 is 0 Å². The molecule has 0 atom stereocenters. The van der Waals surface area contributed by atoms with Gasteiger partial charge in [0, 0.05) is 16.8 Å². The van der Waals surface area contributed by atoms with E-state index < -0.39 is 5.91 Å². The summed E-state index contributed by atoms with van der Waals surface area (Å²) >= 11 is 1.49. The first-order valence-electron chi connectivity index (χ1n) is 12.2. The molecule has 0 unspecified atom stereocenters. The molecule has 0 saturated heterocycles. The first-order valence-corrected chi connectivity index (χ1v) is 13.2. The van der Waals surface area contributed by atoms with Gasteiger partial charge < -0.3 is 10.6 Å². The minimum Gasteiger partial charge on any atom is -0.321 e. The fraction of sp³-hybridized carbons (Fsp3) is 0.0938. The average molecular weight is 521 g/mol. The van der Waals surface area contributed by atoms with Gasteiger partial charge in [0.1, 0.15) is 5.70 Å². The normalized spacial score (nSPS) is 11.5. The number of benzene rings is 3. The fourth-order valence-electron chi connectivity index (χ4n) is 3.64. The molecule has 0 saturated carbocycles. The topological polar surface area (TPSA) is 75.3 Å². The summed E-state index contributed by atoms with van der Waals surface area (Å²) in [6.07, 6.45) is 4.96. The van der Waals surface area contributed by atoms with Crippen LogP contribution in [-0.2, 0) is 4.79 Å². The molecule has 0 aliphatic rings. The van der Waals surface area contributed by atoms with Gasteiger partial charge in [-0.05, 0) is 88.0 Å². The zero-order chi connectivity index (χ0) is 26.9. The van der Waals surface area contributed by atoms with Gasteiger partial charge in [-0.1, -0.05) is 62.4 Å². The Morgan fingerprint density at radius 1 is 0.789 bits per heavy atom. The molecule has 5 nitrogen and oxygen atoms in total. The molecule has 2 N–H and O–H groups in total. The molecular weight excluding hydrogens is 492 g/mol. The van der Waals surface area contributed by atoms with Crippen molar-refractivity contribution in [3.63, 3.8) is 0 Å². The maximum absolute atomic E-state index is 13.1. The van der Waals surface area contributed by atoms with E-state index in [2.05, 4.69) is 36.6 Å². The average Bonchev–Trinajstić information content (AvgIpc) is 3.45. The van der Waals surface area contributed by atoms with Crippen molar-refractivity contribution in [2.24, 2.45) is 0 Å². The van der Waals surface area contributed by atoms with Crippen LogP contribution in [-0.4, -0.2) is 17.6 Å². The van der Waals surface area contributed by atoms with Crippen LogP contribution in [0.1, 0.15) is 57.2 Å². The van der Waals surface area contributed by atoms with E-state index in [9.17, 15) is 14.4 Å². The molecule has 4 rings (SSSR count). The van der Waals surface area contributed by atoms with Crippen LogP contribution in [0.5, 0.6) is 0 Å². The van der Waals surface area contributed by atoms with E-state index in [1.807, 2.05) is 35.0 Å². The summed E-state index contributed by atoms with van der Waals surface area (Å²) in [7, 11) is 0. The van der Waals surface area contributed by atoms with Crippen LogP contribution in [0.4, 0.5) is 5.69 Å². The zero-order valence-corrected chi connectivity index (χ0v) is 22.0. The third-order valence-corrected chi connectivity index (χ3v) is 6.54. The van der Waals surface area contributed by atoms with Gasteiger partial charge in [-0.2, -0.15) is 11.3 Å². The highest BCUT2D eigenvalue weighted by molar-refractivity contribution is 7.08. The molecule has 4 aromatic rings. The van der Waals surface area contributed by atoms with Gasteiger partial charge in [0.15, 0.2) is 5.78 Å². The van der Waals surface area contributed by atoms with Crippen molar-refractivity contribution >= 4 is 46.8 Å². The minimum absolute atomic E-state index is 0.115. The van der Waals surface area contributed by atoms with Crippen molar-refractivity contribution in [1.82, 2.24) is 5.32 Å². The molecule has 190 valence electrons. The van der Waals surface area contributed by atoms with Crippen molar-refractivity contribution in [3.05, 3.63) is 135 Å². The van der Waals surface area contributed by atoms with Gasteiger partial charge in [0.2, 0.25) is 0 Å². The number of thiophene rings is 1. The lowest BCUT2D eigenvalue weighted by atomic mass is 10.0. The highest BCUT2D eigenvalue weighted by atomic mass is 32.1. The molecular formula is C32H28N2O3S. The van der Waals surface area contributed by atoms with Gasteiger partial charge in [0.25, 0.3) is 11.8 Å². The highest BCUT2D eigenvalue weighted by Crippen LogP contribution is 2.17. The Hall–Kier alpha value is -4.55. The Balaban J connectivity index is 1.43. The lowest BCUT2D eigenvalue weighted by Crippen LogP contribution is -2.30. The lowest BCUT2D eigenvalue weighted by Gasteiger charge is -2.11. The van der Waals surface area contributed by atoms with Gasteiger partial charge in [-0.25, -0.2) is 0 Å². The van der Waals surface area contributed by atoms with Crippen molar-refractivity contribution in [2.45, 2.75) is 19.8 Å². The number of rotatable bonds is 9. The van der Waals surface area contributed by atoms with Crippen molar-refractivity contribution < 1.29 is 14.4 Å². The third-order valence-electron chi connectivity index (χ3n) is 5.84. The molecule has 0 aliphatic heterocycles. The Bertz CT molecular complexity index is 1450. The fourth-order valence-corrected chi connectivity index (χ4v) is 4.26. The number of hydrogen-bond donors (Lipinski definition) is 2. The Labute approximate surface area is 226 Å². The first kappa shape index (κ1) is 26.5. The van der Waals surface area contributed by atoms with Crippen LogP contribution in [0.2, 0.25) is 0 Å². The second kappa shape index (κ2) is 12.6. The summed E-state index contributed by atoms with van der Waals surface area (Å²) in [5, 5.41) is 9.29. The van der Waals surface area contributed by atoms with Crippen LogP contribution < -0.4 is 10.6 Å². The van der Waals surface area contributed by atoms with Crippen molar-refractivity contribution in [3.8, 4) is 0 Å². The lowest BCUT2D eigenvalue weighted by molar-refractivity contribution is -0.113. The molecule has 1 aromatic heterocycles. The Morgan fingerprint density at radius 3 is 2.13 bits per heavy atom. The molecule has 2 amide bonds. The molecule has 0 spiro atoms. The predicted molar refractivity (Wildman–Crippen MR) is 155 cm³/mol. The first-order chi connectivity index (χ1) is 18.4. The summed E-state index contributed by atoms with van der Waals surface area (Å²) in [5.41, 5.74) is 4.58. The highest BCUT2D eigenvalue weighted by Gasteiger charge is 2.15. The van der Waals surface area contributed by atoms with Crippen molar-refractivity contribution in [1.29, 1.82) is 0 Å². The summed E-state index contributed by atoms with van der Waals surface area (Å²) in [5.74, 6) is -0.530. The second-order valence-electron chi connectivity index (χ2n) is 8.99. The number of nitrogens with one attached hydrogen (secondary N) is 2. The van der Waals surface area contributed by atoms with E-state index in [4.69, 9.17) is 0 Å². The van der Waals surface area contributed by atoms with E-state index in [1.165, 1.54) is 16.9 Å². The predicted octanol–water partition coefficient (Wildman–Crippen LogP) is 7.18. The van der Waals surface area contributed by atoms with E-state index in [1.54, 1.807) is 66.8 Å². The van der Waals surface area contributed by atoms with Crippen LogP contribution in [0.25, 0.3) is 12.2 Å². The molecule has 0 aliphatic carbocycles. The number of allylic oxidation sites excluding steroid dienone is 1. The molecule has 38 heavy (non-hydrogen) atoms.